The second-order valence-corrected chi connectivity index (χ2v) is 7.62. The van der Waals surface area contributed by atoms with Gasteiger partial charge in [-0.2, -0.15) is 0 Å². The summed E-state index contributed by atoms with van der Waals surface area (Å²) in [7, 11) is 3.19. The molecule has 1 aromatic carbocycles. The number of carbonyl (C=O) groups is 2. The first kappa shape index (κ1) is 20.1. The normalized spacial score (nSPS) is 10.4. The van der Waals surface area contributed by atoms with Crippen LogP contribution >= 0.6 is 23.1 Å². The highest BCUT2D eigenvalue weighted by Gasteiger charge is 2.13. The second-order valence-electron chi connectivity index (χ2n) is 5.37. The number of methoxy groups -OCH3 is 2. The molecule has 3 N–H and O–H groups in total. The van der Waals surface area contributed by atoms with E-state index < -0.39 is 0 Å². The first-order valence-corrected chi connectivity index (χ1v) is 9.62. The Morgan fingerprint density at radius 1 is 1.31 bits per heavy atom. The van der Waals surface area contributed by atoms with Gasteiger partial charge in [0.2, 0.25) is 11.8 Å². The quantitative estimate of drug-likeness (QED) is 0.633. The smallest absolute Gasteiger partial charge is 0.227 e. The average Bonchev–Trinajstić information content (AvgIpc) is 2.96. The number of amides is 2. The molecule has 2 amide bonds. The fourth-order valence-electron chi connectivity index (χ4n) is 2.21. The first-order chi connectivity index (χ1) is 12.4. The van der Waals surface area contributed by atoms with Gasteiger partial charge in [-0.3, -0.25) is 9.59 Å². The topological polar surface area (TPSA) is 104 Å². The van der Waals surface area contributed by atoms with Crippen LogP contribution in [0.25, 0.3) is 0 Å². The lowest BCUT2D eigenvalue weighted by Crippen LogP contribution is -2.12. The molecule has 0 saturated heterocycles. The molecule has 9 heteroatoms. The molecule has 0 bridgehead atoms. The van der Waals surface area contributed by atoms with Crippen molar-refractivity contribution in [3.05, 3.63) is 29.5 Å². The third-order valence-corrected chi connectivity index (χ3v) is 5.91. The summed E-state index contributed by atoms with van der Waals surface area (Å²) in [4.78, 5) is 27.4. The number of benzene rings is 1. The molecule has 0 radical (unpaired) electrons. The van der Waals surface area contributed by atoms with Gasteiger partial charge in [0.15, 0.2) is 5.13 Å². The summed E-state index contributed by atoms with van der Waals surface area (Å²) in [6, 6.07) is 5.49. The zero-order valence-corrected chi connectivity index (χ0v) is 16.5. The number of hydrogen-bond donors (Lipinski definition) is 2. The third-order valence-electron chi connectivity index (χ3n) is 3.45. The van der Waals surface area contributed by atoms with Crippen molar-refractivity contribution in [1.29, 1.82) is 0 Å². The van der Waals surface area contributed by atoms with E-state index in [2.05, 4.69) is 10.3 Å². The second kappa shape index (κ2) is 9.44. The molecule has 26 heavy (non-hydrogen) atoms. The number of thioether (sulfide) groups is 1. The molecule has 2 aromatic rings. The Morgan fingerprint density at radius 3 is 2.73 bits per heavy atom. The fourth-order valence-corrected chi connectivity index (χ4v) is 4.11. The van der Waals surface area contributed by atoms with Crippen LogP contribution in [0.4, 0.5) is 5.13 Å². The molecule has 0 saturated carbocycles. The lowest BCUT2D eigenvalue weighted by atomic mass is 10.1. The molecule has 0 atom stereocenters. The lowest BCUT2D eigenvalue weighted by molar-refractivity contribution is -0.116. The molecule has 0 aliphatic heterocycles. The molecule has 0 aliphatic rings. The van der Waals surface area contributed by atoms with Crippen LogP contribution in [0.3, 0.4) is 0 Å². The number of nitrogens with two attached hydrogens (primary N) is 1. The summed E-state index contributed by atoms with van der Waals surface area (Å²) in [6.07, 6.45) is 0.797. The van der Waals surface area contributed by atoms with Crippen LogP contribution in [0, 0.1) is 6.92 Å². The Kier molecular flexibility index (Phi) is 7.28. The van der Waals surface area contributed by atoms with E-state index in [-0.39, 0.29) is 24.0 Å². The molecular weight excluding hydrogens is 374 g/mol. The number of hydrogen-bond acceptors (Lipinski definition) is 7. The number of ether oxygens (including phenoxy) is 2. The highest BCUT2D eigenvalue weighted by atomic mass is 32.2. The predicted molar refractivity (Wildman–Crippen MR) is 103 cm³/mol. The van der Waals surface area contributed by atoms with E-state index in [0.29, 0.717) is 23.1 Å². The highest BCUT2D eigenvalue weighted by molar-refractivity contribution is 8.01. The van der Waals surface area contributed by atoms with E-state index >= 15 is 0 Å². The van der Waals surface area contributed by atoms with Crippen molar-refractivity contribution < 1.29 is 19.1 Å². The number of anilines is 1. The largest absolute Gasteiger partial charge is 0.497 e. The number of primary amides is 1. The van der Waals surface area contributed by atoms with Crippen LogP contribution in [-0.2, 0) is 16.0 Å². The molecule has 140 valence electrons. The molecular formula is C17H21N3O4S2. The van der Waals surface area contributed by atoms with E-state index in [0.717, 1.165) is 15.5 Å². The number of aromatic nitrogens is 1. The van der Waals surface area contributed by atoms with Gasteiger partial charge in [-0.05, 0) is 37.1 Å². The van der Waals surface area contributed by atoms with Crippen molar-refractivity contribution in [3.8, 4) is 11.5 Å². The lowest BCUT2D eigenvalue weighted by Gasteiger charge is -2.10. The third kappa shape index (κ3) is 5.63. The SMILES string of the molecule is COc1ccc(OC)c(CCC(=O)Nc2nc(C)c(SCC(N)=O)s2)c1. The maximum Gasteiger partial charge on any atom is 0.227 e. The molecule has 0 unspecified atom stereocenters. The average molecular weight is 396 g/mol. The van der Waals surface area contributed by atoms with Crippen molar-refractivity contribution >= 4 is 40.0 Å². The van der Waals surface area contributed by atoms with Crippen molar-refractivity contribution in [2.24, 2.45) is 5.73 Å². The van der Waals surface area contributed by atoms with E-state index in [4.69, 9.17) is 15.2 Å². The monoisotopic (exact) mass is 395 g/mol. The van der Waals surface area contributed by atoms with E-state index in [1.165, 1.54) is 23.1 Å². The van der Waals surface area contributed by atoms with Gasteiger partial charge >= 0.3 is 0 Å². The van der Waals surface area contributed by atoms with E-state index in [1.54, 1.807) is 14.2 Å². The minimum atomic E-state index is -0.388. The summed E-state index contributed by atoms with van der Waals surface area (Å²) in [5.74, 6) is 1.09. The summed E-state index contributed by atoms with van der Waals surface area (Å²) in [6.45, 7) is 1.83. The van der Waals surface area contributed by atoms with Crippen LogP contribution in [0.1, 0.15) is 17.7 Å². The van der Waals surface area contributed by atoms with Gasteiger partial charge in [0.1, 0.15) is 11.5 Å². The number of nitrogens with one attached hydrogen (secondary N) is 1. The van der Waals surface area contributed by atoms with Gasteiger partial charge in [0.05, 0.1) is 29.9 Å². The Balaban J connectivity index is 1.95. The minimum absolute atomic E-state index is 0.143. The van der Waals surface area contributed by atoms with Crippen molar-refractivity contribution in [2.75, 3.05) is 25.3 Å². The summed E-state index contributed by atoms with van der Waals surface area (Å²) in [5, 5.41) is 3.31. The van der Waals surface area contributed by atoms with Crippen molar-refractivity contribution in [3.63, 3.8) is 0 Å². The maximum absolute atomic E-state index is 12.2. The molecule has 7 nitrogen and oxygen atoms in total. The van der Waals surface area contributed by atoms with Crippen LogP contribution in [-0.4, -0.2) is 36.8 Å². The van der Waals surface area contributed by atoms with Gasteiger partial charge in [0.25, 0.3) is 0 Å². The zero-order chi connectivity index (χ0) is 19.1. The number of thiazole rings is 1. The van der Waals surface area contributed by atoms with E-state index in [1.807, 2.05) is 25.1 Å². The summed E-state index contributed by atoms with van der Waals surface area (Å²) in [5.41, 5.74) is 6.82. The number of carbonyl (C=O) groups excluding carboxylic acids is 2. The summed E-state index contributed by atoms with van der Waals surface area (Å²) >= 11 is 2.65. The van der Waals surface area contributed by atoms with Gasteiger partial charge in [-0.25, -0.2) is 4.98 Å². The van der Waals surface area contributed by atoms with Gasteiger partial charge < -0.3 is 20.5 Å². The van der Waals surface area contributed by atoms with Gasteiger partial charge in [0, 0.05) is 6.42 Å². The van der Waals surface area contributed by atoms with Crippen LogP contribution < -0.4 is 20.5 Å². The van der Waals surface area contributed by atoms with Crippen LogP contribution in [0.15, 0.2) is 22.4 Å². The zero-order valence-electron chi connectivity index (χ0n) is 14.8. The number of nitrogens with zero attached hydrogens (tertiary/aromatic N) is 1. The van der Waals surface area contributed by atoms with Crippen molar-refractivity contribution in [1.82, 2.24) is 4.98 Å². The molecule has 0 spiro atoms. The van der Waals surface area contributed by atoms with Gasteiger partial charge in [-0.1, -0.05) is 11.3 Å². The first-order valence-electron chi connectivity index (χ1n) is 7.82. The van der Waals surface area contributed by atoms with Gasteiger partial charge in [-0.15, -0.1) is 11.8 Å². The minimum Gasteiger partial charge on any atom is -0.497 e. The van der Waals surface area contributed by atoms with Crippen LogP contribution in [0.5, 0.6) is 11.5 Å². The fraction of sp³-hybridized carbons (Fsp3) is 0.353. The molecule has 0 aliphatic carbocycles. The standard InChI is InChI=1S/C17H21N3O4S2/c1-10-16(25-9-14(18)21)26-17(19-10)20-15(22)7-4-11-8-12(23-2)5-6-13(11)24-3/h5-6,8H,4,7,9H2,1-3H3,(H2,18,21)(H,19,20,22). The Hall–Kier alpha value is -2.26. The Bertz CT molecular complexity index is 792. The highest BCUT2D eigenvalue weighted by Crippen LogP contribution is 2.32. The molecule has 1 aromatic heterocycles. The maximum atomic E-state index is 12.2. The number of rotatable bonds is 9. The van der Waals surface area contributed by atoms with Crippen LogP contribution in [0.2, 0.25) is 0 Å². The molecule has 1 heterocycles. The Labute approximate surface area is 160 Å². The van der Waals surface area contributed by atoms with Crippen molar-refractivity contribution in [2.45, 2.75) is 24.0 Å². The summed E-state index contributed by atoms with van der Waals surface area (Å²) < 4.78 is 11.4. The Morgan fingerprint density at radius 2 is 2.08 bits per heavy atom. The van der Waals surface area contributed by atoms with E-state index in [9.17, 15) is 9.59 Å². The molecule has 0 fully saturated rings. The predicted octanol–water partition coefficient (Wildman–Crippen LogP) is 2.62. The number of aryl methyl sites for hydroxylation is 2. The molecule has 2 rings (SSSR count).